The van der Waals surface area contributed by atoms with Crippen LogP contribution in [0, 0.1) is 25.2 Å². The minimum Gasteiger partial charge on any atom is -0.342 e. The van der Waals surface area contributed by atoms with Crippen LogP contribution in [0.4, 0.5) is 0 Å². The Morgan fingerprint density at radius 1 is 1.33 bits per heavy atom. The molecule has 0 N–H and O–H groups in total. The van der Waals surface area contributed by atoms with Crippen molar-refractivity contribution in [2.45, 2.75) is 45.6 Å². The molecule has 130 valence electrons. The van der Waals surface area contributed by atoms with Crippen molar-refractivity contribution in [3.8, 4) is 12.3 Å². The number of hydrogen-bond donors (Lipinski definition) is 0. The first-order valence-electron chi connectivity index (χ1n) is 9.03. The second-order valence-corrected chi connectivity index (χ2v) is 6.96. The molecule has 0 saturated carbocycles. The predicted octanol–water partition coefficient (Wildman–Crippen LogP) is 3.12. The Morgan fingerprint density at radius 3 is 2.50 bits per heavy atom. The van der Waals surface area contributed by atoms with Crippen molar-refractivity contribution in [3.63, 3.8) is 0 Å². The highest BCUT2D eigenvalue weighted by molar-refractivity contribution is 5.79. The Morgan fingerprint density at radius 2 is 1.96 bits per heavy atom. The van der Waals surface area contributed by atoms with Crippen LogP contribution in [0.1, 0.15) is 37.3 Å². The SMILES string of the molecule is C#CCN1CCC(C(=O)N(C)[C@@H](CC)Cc2ccc(C)cc2)CC1. The summed E-state index contributed by atoms with van der Waals surface area (Å²) in [4.78, 5) is 17.1. The first kappa shape index (κ1) is 18.5. The number of likely N-dealkylation sites (tertiary alicyclic amines) is 1. The first-order valence-corrected chi connectivity index (χ1v) is 9.03. The molecule has 1 fully saturated rings. The van der Waals surface area contributed by atoms with Crippen LogP contribution in [0.25, 0.3) is 0 Å². The Balaban J connectivity index is 1.93. The highest BCUT2D eigenvalue weighted by Crippen LogP contribution is 2.21. The number of likely N-dealkylation sites (N-methyl/N-ethyl adjacent to an activating group) is 1. The van der Waals surface area contributed by atoms with Gasteiger partial charge in [-0.2, -0.15) is 0 Å². The summed E-state index contributed by atoms with van der Waals surface area (Å²) in [5.74, 6) is 3.14. The van der Waals surface area contributed by atoms with E-state index < -0.39 is 0 Å². The highest BCUT2D eigenvalue weighted by atomic mass is 16.2. The maximum atomic E-state index is 12.9. The van der Waals surface area contributed by atoms with Gasteiger partial charge < -0.3 is 4.90 Å². The van der Waals surface area contributed by atoms with Gasteiger partial charge in [0.05, 0.1) is 6.54 Å². The van der Waals surface area contributed by atoms with Gasteiger partial charge in [0, 0.05) is 19.0 Å². The molecule has 1 amide bonds. The second-order valence-electron chi connectivity index (χ2n) is 6.96. The second kappa shape index (κ2) is 8.89. The highest BCUT2D eigenvalue weighted by Gasteiger charge is 2.29. The van der Waals surface area contributed by atoms with Crippen LogP contribution in [0.5, 0.6) is 0 Å². The van der Waals surface area contributed by atoms with Gasteiger partial charge in [0.25, 0.3) is 0 Å². The fourth-order valence-electron chi connectivity index (χ4n) is 3.49. The van der Waals surface area contributed by atoms with Gasteiger partial charge in [-0.05, 0) is 51.3 Å². The number of piperidine rings is 1. The van der Waals surface area contributed by atoms with E-state index in [-0.39, 0.29) is 12.0 Å². The van der Waals surface area contributed by atoms with E-state index in [9.17, 15) is 4.79 Å². The van der Waals surface area contributed by atoms with E-state index in [2.05, 4.69) is 48.9 Å². The van der Waals surface area contributed by atoms with Crippen LogP contribution >= 0.6 is 0 Å². The van der Waals surface area contributed by atoms with Crippen molar-refractivity contribution in [1.29, 1.82) is 0 Å². The largest absolute Gasteiger partial charge is 0.342 e. The van der Waals surface area contributed by atoms with Crippen LogP contribution in [0.15, 0.2) is 24.3 Å². The molecule has 24 heavy (non-hydrogen) atoms. The van der Waals surface area contributed by atoms with Crippen molar-refractivity contribution < 1.29 is 4.79 Å². The zero-order chi connectivity index (χ0) is 17.5. The predicted molar refractivity (Wildman–Crippen MR) is 99.7 cm³/mol. The molecule has 1 aliphatic heterocycles. The lowest BCUT2D eigenvalue weighted by atomic mass is 9.93. The lowest BCUT2D eigenvalue weighted by molar-refractivity contribution is -0.137. The molecule has 3 nitrogen and oxygen atoms in total. The zero-order valence-corrected chi connectivity index (χ0v) is 15.3. The van der Waals surface area contributed by atoms with Gasteiger partial charge in [0.15, 0.2) is 0 Å². The molecule has 1 aliphatic rings. The number of nitrogens with zero attached hydrogens (tertiary/aromatic N) is 2. The molecule has 1 aromatic rings. The van der Waals surface area contributed by atoms with Crippen molar-refractivity contribution in [2.24, 2.45) is 5.92 Å². The van der Waals surface area contributed by atoms with E-state index >= 15 is 0 Å². The molecule has 0 unspecified atom stereocenters. The minimum atomic E-state index is 0.149. The quantitative estimate of drug-likeness (QED) is 0.750. The summed E-state index contributed by atoms with van der Waals surface area (Å²) in [6.07, 6.45) is 9.12. The number of carbonyl (C=O) groups excluding carboxylic acids is 1. The van der Waals surface area contributed by atoms with Gasteiger partial charge in [-0.25, -0.2) is 0 Å². The summed E-state index contributed by atoms with van der Waals surface area (Å²) < 4.78 is 0. The number of rotatable bonds is 6. The molecule has 1 atom stereocenters. The van der Waals surface area contributed by atoms with Crippen molar-refractivity contribution in [1.82, 2.24) is 9.80 Å². The summed E-state index contributed by atoms with van der Waals surface area (Å²) in [7, 11) is 1.97. The number of hydrogen-bond acceptors (Lipinski definition) is 2. The molecule has 3 heteroatoms. The average molecular weight is 326 g/mol. The third kappa shape index (κ3) is 4.85. The molecular formula is C21H30N2O. The van der Waals surface area contributed by atoms with Crippen molar-refractivity contribution in [2.75, 3.05) is 26.7 Å². The summed E-state index contributed by atoms with van der Waals surface area (Å²) in [6.45, 7) is 6.83. The fraction of sp³-hybridized carbons (Fsp3) is 0.571. The van der Waals surface area contributed by atoms with Gasteiger partial charge >= 0.3 is 0 Å². The summed E-state index contributed by atoms with van der Waals surface area (Å²) >= 11 is 0. The third-order valence-corrected chi connectivity index (χ3v) is 5.21. The number of amides is 1. The standard InChI is InChI=1S/C21H30N2O/c1-5-13-23-14-11-19(12-15-23)21(24)22(4)20(6-2)16-18-9-7-17(3)8-10-18/h1,7-10,19-20H,6,11-16H2,2-4H3/t20-/m0/s1. The normalized spacial score (nSPS) is 17.2. The molecule has 1 saturated heterocycles. The maximum Gasteiger partial charge on any atom is 0.225 e. The molecule has 0 aromatic heterocycles. The Kier molecular flexibility index (Phi) is 6.87. The number of benzene rings is 1. The molecule has 1 aromatic carbocycles. The summed E-state index contributed by atoms with van der Waals surface area (Å²) in [6, 6.07) is 8.91. The maximum absolute atomic E-state index is 12.9. The van der Waals surface area contributed by atoms with Crippen LogP contribution in [0.2, 0.25) is 0 Å². The van der Waals surface area contributed by atoms with E-state index in [0.717, 1.165) is 38.8 Å². The van der Waals surface area contributed by atoms with Gasteiger partial charge in [0.1, 0.15) is 0 Å². The van der Waals surface area contributed by atoms with E-state index in [1.54, 1.807) is 0 Å². The Hall–Kier alpha value is -1.79. The van der Waals surface area contributed by atoms with E-state index in [1.807, 2.05) is 11.9 Å². The van der Waals surface area contributed by atoms with Crippen LogP contribution in [-0.2, 0) is 11.2 Å². The minimum absolute atomic E-state index is 0.149. The van der Waals surface area contributed by atoms with E-state index in [4.69, 9.17) is 6.42 Å². The first-order chi connectivity index (χ1) is 11.5. The molecular weight excluding hydrogens is 296 g/mol. The van der Waals surface area contributed by atoms with Gasteiger partial charge in [-0.3, -0.25) is 9.69 Å². The van der Waals surface area contributed by atoms with Crippen LogP contribution in [0.3, 0.4) is 0 Å². The Bertz CT molecular complexity index is 564. The topological polar surface area (TPSA) is 23.6 Å². The molecule has 1 heterocycles. The van der Waals surface area contributed by atoms with Crippen molar-refractivity contribution >= 4 is 5.91 Å². The fourth-order valence-corrected chi connectivity index (χ4v) is 3.49. The number of aryl methyl sites for hydroxylation is 1. The number of terminal acetylenes is 1. The monoisotopic (exact) mass is 326 g/mol. The summed E-state index contributed by atoms with van der Waals surface area (Å²) in [5, 5.41) is 0. The van der Waals surface area contributed by atoms with Crippen molar-refractivity contribution in [3.05, 3.63) is 35.4 Å². The lowest BCUT2D eigenvalue weighted by Gasteiger charge is -2.35. The number of carbonyl (C=O) groups is 1. The smallest absolute Gasteiger partial charge is 0.225 e. The van der Waals surface area contributed by atoms with Gasteiger partial charge in [0.2, 0.25) is 5.91 Å². The van der Waals surface area contributed by atoms with E-state index in [1.165, 1.54) is 11.1 Å². The van der Waals surface area contributed by atoms with Crippen LogP contribution in [-0.4, -0.2) is 48.4 Å². The molecule has 0 aliphatic carbocycles. The zero-order valence-electron chi connectivity index (χ0n) is 15.3. The van der Waals surface area contributed by atoms with Gasteiger partial charge in [-0.1, -0.05) is 42.7 Å². The average Bonchev–Trinajstić information content (AvgIpc) is 2.61. The molecule has 0 radical (unpaired) electrons. The van der Waals surface area contributed by atoms with Crippen LogP contribution < -0.4 is 0 Å². The molecule has 0 bridgehead atoms. The Labute approximate surface area is 147 Å². The molecule has 0 spiro atoms. The van der Waals surface area contributed by atoms with E-state index in [0.29, 0.717) is 12.5 Å². The third-order valence-electron chi connectivity index (χ3n) is 5.21. The van der Waals surface area contributed by atoms with Gasteiger partial charge in [-0.15, -0.1) is 6.42 Å². The lowest BCUT2D eigenvalue weighted by Crippen LogP contribution is -2.45. The molecule has 2 rings (SSSR count). The summed E-state index contributed by atoms with van der Waals surface area (Å²) in [5.41, 5.74) is 2.57.